The van der Waals surface area contributed by atoms with Gasteiger partial charge in [0.1, 0.15) is 0 Å². The van der Waals surface area contributed by atoms with Crippen molar-refractivity contribution in [2.75, 3.05) is 12.4 Å². The fourth-order valence-electron chi connectivity index (χ4n) is 0.795. The minimum Gasteiger partial charge on any atom is -0.772 e. The van der Waals surface area contributed by atoms with Gasteiger partial charge < -0.3 is 15.0 Å². The molecule has 78 valence electrons. The molecule has 2 atom stereocenters. The van der Waals surface area contributed by atoms with E-state index in [1.165, 1.54) is 0 Å². The fraction of sp³-hybridized carbons (Fsp3) is 0.857. The monoisotopic (exact) mass is 208 g/mol. The number of carbonyl (C=O) groups excluding carboxylic acids is 1. The van der Waals surface area contributed by atoms with Crippen molar-refractivity contribution in [3.05, 3.63) is 0 Å². The van der Waals surface area contributed by atoms with E-state index in [9.17, 15) is 13.6 Å². The standard InChI is InChI=1S/C7H15NO4S/c1-2-12-7(9)4-3-6(8)5-13(10)11/h6H,2-5,8H2,1H3,(H,10,11)/p-1. The third kappa shape index (κ3) is 7.89. The molecule has 5 nitrogen and oxygen atoms in total. The van der Waals surface area contributed by atoms with E-state index >= 15 is 0 Å². The smallest absolute Gasteiger partial charge is 0.305 e. The first kappa shape index (κ1) is 12.5. The molecule has 0 aliphatic heterocycles. The molecular weight excluding hydrogens is 194 g/mol. The Morgan fingerprint density at radius 2 is 2.31 bits per heavy atom. The Morgan fingerprint density at radius 3 is 2.77 bits per heavy atom. The average molecular weight is 208 g/mol. The summed E-state index contributed by atoms with van der Waals surface area (Å²) in [5.41, 5.74) is 5.42. The molecule has 0 amide bonds. The predicted molar refractivity (Wildman–Crippen MR) is 47.6 cm³/mol. The highest BCUT2D eigenvalue weighted by molar-refractivity contribution is 7.79. The zero-order chi connectivity index (χ0) is 10.3. The molecule has 0 aliphatic rings. The lowest BCUT2D eigenvalue weighted by Gasteiger charge is -2.12. The largest absolute Gasteiger partial charge is 0.772 e. The van der Waals surface area contributed by atoms with Crippen LogP contribution in [0.1, 0.15) is 19.8 Å². The average Bonchev–Trinajstić information content (AvgIpc) is 2.00. The third-order valence-corrected chi connectivity index (χ3v) is 2.08. The van der Waals surface area contributed by atoms with E-state index in [1.54, 1.807) is 6.92 Å². The Labute approximate surface area is 79.9 Å². The number of esters is 1. The van der Waals surface area contributed by atoms with Gasteiger partial charge in [-0.1, -0.05) is 11.1 Å². The third-order valence-electron chi connectivity index (χ3n) is 1.37. The fourth-order valence-corrected chi connectivity index (χ4v) is 1.31. The van der Waals surface area contributed by atoms with Crippen LogP contribution in [0.2, 0.25) is 0 Å². The number of carbonyl (C=O) groups is 1. The van der Waals surface area contributed by atoms with Crippen molar-refractivity contribution >= 4 is 17.0 Å². The summed E-state index contributed by atoms with van der Waals surface area (Å²) in [6.07, 6.45) is 0.513. The zero-order valence-corrected chi connectivity index (χ0v) is 8.34. The topological polar surface area (TPSA) is 92.5 Å². The molecule has 0 heterocycles. The molecule has 0 bridgehead atoms. The van der Waals surface area contributed by atoms with E-state index in [-0.39, 0.29) is 18.1 Å². The summed E-state index contributed by atoms with van der Waals surface area (Å²) in [5, 5.41) is 0. The molecule has 0 rings (SSSR count). The first-order valence-corrected chi connectivity index (χ1v) is 5.27. The maximum Gasteiger partial charge on any atom is 0.305 e. The number of rotatable bonds is 6. The highest BCUT2D eigenvalue weighted by Crippen LogP contribution is 1.98. The predicted octanol–water partition coefficient (Wildman–Crippen LogP) is -0.464. The first-order valence-electron chi connectivity index (χ1n) is 4.03. The van der Waals surface area contributed by atoms with Crippen LogP contribution < -0.4 is 5.73 Å². The molecule has 2 unspecified atom stereocenters. The van der Waals surface area contributed by atoms with Crippen molar-refractivity contribution in [1.82, 2.24) is 0 Å². The number of nitrogens with two attached hydrogens (primary N) is 1. The van der Waals surface area contributed by atoms with Gasteiger partial charge in [-0.05, 0) is 13.3 Å². The van der Waals surface area contributed by atoms with Gasteiger partial charge >= 0.3 is 5.97 Å². The van der Waals surface area contributed by atoms with Crippen LogP contribution in [-0.4, -0.2) is 33.1 Å². The van der Waals surface area contributed by atoms with E-state index in [1.807, 2.05) is 0 Å². The molecule has 0 aromatic heterocycles. The van der Waals surface area contributed by atoms with E-state index in [4.69, 9.17) is 5.73 Å². The summed E-state index contributed by atoms with van der Waals surface area (Å²) in [6, 6.07) is -0.484. The molecule has 0 radical (unpaired) electrons. The second-order valence-electron chi connectivity index (χ2n) is 2.57. The van der Waals surface area contributed by atoms with Gasteiger partial charge in [-0.3, -0.25) is 9.00 Å². The van der Waals surface area contributed by atoms with Gasteiger partial charge in [0.15, 0.2) is 0 Å². The van der Waals surface area contributed by atoms with Crippen LogP contribution in [0.25, 0.3) is 0 Å². The minimum atomic E-state index is -2.14. The molecule has 0 aromatic carbocycles. The van der Waals surface area contributed by atoms with Gasteiger partial charge in [0, 0.05) is 18.2 Å². The normalized spacial score (nSPS) is 15.0. The van der Waals surface area contributed by atoms with E-state index in [2.05, 4.69) is 4.74 Å². The SMILES string of the molecule is CCOC(=O)CCC(N)CS(=O)[O-]. The Hall–Kier alpha value is -0.460. The van der Waals surface area contributed by atoms with Crippen molar-refractivity contribution in [3.8, 4) is 0 Å². The molecule has 2 N–H and O–H groups in total. The first-order chi connectivity index (χ1) is 6.06. The Morgan fingerprint density at radius 1 is 1.69 bits per heavy atom. The molecule has 0 saturated carbocycles. The van der Waals surface area contributed by atoms with Gasteiger partial charge in [0.05, 0.1) is 6.61 Å². The van der Waals surface area contributed by atoms with Crippen molar-refractivity contribution in [3.63, 3.8) is 0 Å². The van der Waals surface area contributed by atoms with Crippen LogP contribution >= 0.6 is 0 Å². The van der Waals surface area contributed by atoms with Gasteiger partial charge in [-0.15, -0.1) is 0 Å². The summed E-state index contributed by atoms with van der Waals surface area (Å²) in [7, 11) is 0. The summed E-state index contributed by atoms with van der Waals surface area (Å²) in [4.78, 5) is 10.8. The molecule has 0 saturated heterocycles. The van der Waals surface area contributed by atoms with Crippen molar-refractivity contribution in [2.45, 2.75) is 25.8 Å². The number of hydrogen-bond acceptors (Lipinski definition) is 5. The molecule has 0 aromatic rings. The Bertz CT molecular complexity index is 185. The quantitative estimate of drug-likeness (QED) is 0.471. The van der Waals surface area contributed by atoms with Crippen LogP contribution in [0.4, 0.5) is 0 Å². The van der Waals surface area contributed by atoms with Crippen LogP contribution in [0.3, 0.4) is 0 Å². The lowest BCUT2D eigenvalue weighted by atomic mass is 10.2. The molecule has 13 heavy (non-hydrogen) atoms. The van der Waals surface area contributed by atoms with Gasteiger partial charge in [0.2, 0.25) is 0 Å². The molecule has 6 heteroatoms. The molecular formula is C7H14NO4S-. The van der Waals surface area contributed by atoms with Crippen molar-refractivity contribution in [1.29, 1.82) is 0 Å². The molecule has 0 aliphatic carbocycles. The molecule has 0 spiro atoms. The lowest BCUT2D eigenvalue weighted by molar-refractivity contribution is -0.143. The van der Waals surface area contributed by atoms with E-state index in [0.29, 0.717) is 13.0 Å². The Balaban J connectivity index is 3.51. The lowest BCUT2D eigenvalue weighted by Crippen LogP contribution is -2.27. The maximum atomic E-state index is 10.8. The zero-order valence-electron chi connectivity index (χ0n) is 7.52. The van der Waals surface area contributed by atoms with E-state index < -0.39 is 17.1 Å². The number of ether oxygens (including phenoxy) is 1. The summed E-state index contributed by atoms with van der Waals surface area (Å²) >= 11 is -2.14. The second-order valence-corrected chi connectivity index (χ2v) is 3.52. The molecule has 0 fully saturated rings. The Kier molecular flexibility index (Phi) is 6.75. The van der Waals surface area contributed by atoms with Crippen molar-refractivity contribution in [2.24, 2.45) is 5.73 Å². The van der Waals surface area contributed by atoms with Gasteiger partial charge in [-0.2, -0.15) is 0 Å². The minimum absolute atomic E-state index is 0.112. The van der Waals surface area contributed by atoms with Crippen molar-refractivity contribution < 1.29 is 18.3 Å². The maximum absolute atomic E-state index is 10.8. The van der Waals surface area contributed by atoms with Crippen LogP contribution in [0.5, 0.6) is 0 Å². The van der Waals surface area contributed by atoms with Crippen LogP contribution in [0, 0.1) is 0 Å². The highest BCUT2D eigenvalue weighted by Gasteiger charge is 2.07. The highest BCUT2D eigenvalue weighted by atomic mass is 32.2. The number of hydrogen-bond donors (Lipinski definition) is 1. The summed E-state index contributed by atoms with van der Waals surface area (Å²) in [5.74, 6) is -0.450. The summed E-state index contributed by atoms with van der Waals surface area (Å²) in [6.45, 7) is 2.05. The second kappa shape index (κ2) is 6.99. The van der Waals surface area contributed by atoms with Gasteiger partial charge in [-0.25, -0.2) is 0 Å². The summed E-state index contributed by atoms with van der Waals surface area (Å²) < 4.78 is 25.0. The van der Waals surface area contributed by atoms with Crippen LogP contribution in [0.15, 0.2) is 0 Å². The van der Waals surface area contributed by atoms with E-state index in [0.717, 1.165) is 0 Å². The van der Waals surface area contributed by atoms with Gasteiger partial charge in [0.25, 0.3) is 0 Å². The van der Waals surface area contributed by atoms with Crippen LogP contribution in [-0.2, 0) is 20.6 Å².